The smallest absolute Gasteiger partial charge is 0.220 e. The van der Waals surface area contributed by atoms with Crippen LogP contribution in [0, 0.1) is 0 Å². The van der Waals surface area contributed by atoms with Gasteiger partial charge < -0.3 is 50.7 Å². The molecule has 2 amide bonds. The lowest BCUT2D eigenvalue weighted by Crippen LogP contribution is -2.60. The van der Waals surface area contributed by atoms with Gasteiger partial charge in [0.05, 0.1) is 25.4 Å². The number of amides is 2. The van der Waals surface area contributed by atoms with Gasteiger partial charge in [0, 0.05) is 19.4 Å². The Morgan fingerprint density at radius 2 is 1.59 bits per heavy atom. The molecule has 1 saturated heterocycles. The average molecular weight is 627 g/mol. The Balaban J connectivity index is 1.83. The lowest BCUT2D eigenvalue weighted by molar-refractivity contribution is -0.303. The molecule has 1 aromatic carbocycles. The van der Waals surface area contributed by atoms with E-state index in [9.17, 15) is 40.2 Å². The summed E-state index contributed by atoms with van der Waals surface area (Å²) < 4.78 is 10.9. The van der Waals surface area contributed by atoms with Crippen LogP contribution in [0.5, 0.6) is 0 Å². The number of aryl methyl sites for hydroxylation is 1. The summed E-state index contributed by atoms with van der Waals surface area (Å²) in [6, 6.07) is 9.03. The first-order valence-corrected chi connectivity index (χ1v) is 16.1. The molecule has 0 saturated carbocycles. The van der Waals surface area contributed by atoms with E-state index in [0.717, 1.165) is 44.9 Å². The van der Waals surface area contributed by atoms with Crippen LogP contribution < -0.4 is 10.6 Å². The van der Waals surface area contributed by atoms with Crippen LogP contribution in [0.25, 0.3) is 0 Å². The number of rotatable bonds is 22. The van der Waals surface area contributed by atoms with Gasteiger partial charge in [0.1, 0.15) is 30.5 Å². The molecule has 1 fully saturated rings. The molecule has 12 heteroatoms. The Bertz CT molecular complexity index is 922. The third kappa shape index (κ3) is 13.9. The fraction of sp³-hybridized carbons (Fsp3) is 0.750. The van der Waals surface area contributed by atoms with E-state index in [-0.39, 0.29) is 31.1 Å². The summed E-state index contributed by atoms with van der Waals surface area (Å²) in [5, 5.41) is 67.0. The predicted octanol–water partition coefficient (Wildman–Crippen LogP) is 0.679. The van der Waals surface area contributed by atoms with Crippen LogP contribution in [0.3, 0.4) is 0 Å². The highest BCUT2D eigenvalue weighted by Crippen LogP contribution is 2.22. The molecule has 1 aliphatic rings. The summed E-state index contributed by atoms with van der Waals surface area (Å²) in [5.74, 6) is -0.493. The van der Waals surface area contributed by atoms with Crippen molar-refractivity contribution in [3.05, 3.63) is 35.9 Å². The van der Waals surface area contributed by atoms with Crippen molar-refractivity contribution in [1.82, 2.24) is 10.6 Å². The summed E-state index contributed by atoms with van der Waals surface area (Å²) in [4.78, 5) is 24.9. The lowest BCUT2D eigenvalue weighted by Gasteiger charge is -2.40. The number of carbonyl (C=O) groups excluding carboxylic acids is 2. The number of benzene rings is 1. The number of ether oxygens (including phenoxy) is 2. The van der Waals surface area contributed by atoms with Crippen LogP contribution in [0.2, 0.25) is 0 Å². The first-order chi connectivity index (χ1) is 21.2. The SMILES string of the molecule is CCCCCCCC(=O)N[C@@H](CO[C@H]1O[C@H](CO)[C@H](O)[C@H](O)[C@H]1O)[C@H](O)[C@H](O)CCCC(=O)NCCCCc1ccccc1. The van der Waals surface area contributed by atoms with Gasteiger partial charge in [0.2, 0.25) is 11.8 Å². The minimum Gasteiger partial charge on any atom is -0.394 e. The van der Waals surface area contributed by atoms with Crippen LogP contribution in [0.15, 0.2) is 30.3 Å². The molecule has 0 radical (unpaired) electrons. The zero-order valence-electron chi connectivity index (χ0n) is 25.9. The third-order valence-corrected chi connectivity index (χ3v) is 7.91. The Hall–Kier alpha value is -2.16. The number of carbonyl (C=O) groups is 2. The molecule has 1 aromatic rings. The maximum atomic E-state index is 12.7. The van der Waals surface area contributed by atoms with Crippen LogP contribution >= 0.6 is 0 Å². The molecular weight excluding hydrogens is 572 g/mol. The molecule has 0 bridgehead atoms. The average Bonchev–Trinajstić information content (AvgIpc) is 3.02. The minimum absolute atomic E-state index is 0.0893. The zero-order valence-corrected chi connectivity index (χ0v) is 25.9. The number of nitrogens with one attached hydrogen (secondary N) is 2. The normalized spacial score (nSPS) is 23.9. The van der Waals surface area contributed by atoms with Gasteiger partial charge in [-0.2, -0.15) is 0 Å². The van der Waals surface area contributed by atoms with Gasteiger partial charge in [0.25, 0.3) is 0 Å². The second-order valence-corrected chi connectivity index (χ2v) is 11.6. The zero-order chi connectivity index (χ0) is 32.3. The largest absolute Gasteiger partial charge is 0.394 e. The molecular formula is C32H54N2O10. The van der Waals surface area contributed by atoms with Crippen LogP contribution in [-0.4, -0.2) is 111 Å². The van der Waals surface area contributed by atoms with Crippen molar-refractivity contribution in [1.29, 1.82) is 0 Å². The van der Waals surface area contributed by atoms with E-state index >= 15 is 0 Å². The molecule has 8 N–H and O–H groups in total. The van der Waals surface area contributed by atoms with Gasteiger partial charge in [-0.05, 0) is 44.1 Å². The Labute approximate surface area is 260 Å². The Kier molecular flexibility index (Phi) is 18.6. The minimum atomic E-state index is -1.65. The van der Waals surface area contributed by atoms with E-state index < -0.39 is 62.2 Å². The molecule has 2 rings (SSSR count). The van der Waals surface area contributed by atoms with Crippen molar-refractivity contribution in [2.75, 3.05) is 19.8 Å². The van der Waals surface area contributed by atoms with Crippen LogP contribution in [0.4, 0.5) is 0 Å². The highest BCUT2D eigenvalue weighted by atomic mass is 16.7. The fourth-order valence-electron chi connectivity index (χ4n) is 5.12. The quantitative estimate of drug-likeness (QED) is 0.0847. The summed E-state index contributed by atoms with van der Waals surface area (Å²) in [7, 11) is 0. The van der Waals surface area contributed by atoms with Gasteiger partial charge in [-0.15, -0.1) is 0 Å². The standard InChI is InChI=1S/C32H54N2O10/c1-2-3-4-5-9-17-27(38)34-23(21-43-32-31(42)30(41)29(40)25(20-35)44-32)28(39)24(36)16-12-18-26(37)33-19-11-10-15-22-13-7-6-8-14-22/h6-8,13-14,23-25,28-32,35-36,39-42H,2-5,9-12,15-21H2,1H3,(H,33,37)(H,34,38)/t23-,24+,25+,28-,29-,30-,31+,32-/m0/s1. The second kappa shape index (κ2) is 21.6. The van der Waals surface area contributed by atoms with Gasteiger partial charge in [-0.3, -0.25) is 9.59 Å². The monoisotopic (exact) mass is 626 g/mol. The summed E-state index contributed by atoms with van der Waals surface area (Å²) in [6.07, 6.45) is -2.04. The van der Waals surface area contributed by atoms with Gasteiger partial charge in [-0.1, -0.05) is 62.9 Å². The van der Waals surface area contributed by atoms with E-state index in [0.29, 0.717) is 19.4 Å². The topological polar surface area (TPSA) is 198 Å². The number of aliphatic hydroxyl groups is 6. The lowest BCUT2D eigenvalue weighted by atomic mass is 9.99. The van der Waals surface area contributed by atoms with Crippen molar-refractivity contribution in [2.24, 2.45) is 0 Å². The molecule has 8 atom stereocenters. The molecule has 44 heavy (non-hydrogen) atoms. The van der Waals surface area contributed by atoms with E-state index in [1.165, 1.54) is 5.56 Å². The van der Waals surface area contributed by atoms with Crippen molar-refractivity contribution in [2.45, 2.75) is 133 Å². The summed E-state index contributed by atoms with van der Waals surface area (Å²) in [5.41, 5.74) is 1.26. The molecule has 12 nitrogen and oxygen atoms in total. The molecule has 1 aliphatic heterocycles. The Morgan fingerprint density at radius 3 is 2.30 bits per heavy atom. The molecule has 0 unspecified atom stereocenters. The van der Waals surface area contributed by atoms with Crippen molar-refractivity contribution in [3.63, 3.8) is 0 Å². The molecule has 0 aromatic heterocycles. The van der Waals surface area contributed by atoms with Crippen LogP contribution in [-0.2, 0) is 25.5 Å². The first-order valence-electron chi connectivity index (χ1n) is 16.1. The van der Waals surface area contributed by atoms with E-state index in [1.54, 1.807) is 0 Å². The summed E-state index contributed by atoms with van der Waals surface area (Å²) >= 11 is 0. The van der Waals surface area contributed by atoms with Gasteiger partial charge in [-0.25, -0.2) is 0 Å². The van der Waals surface area contributed by atoms with Crippen LogP contribution in [0.1, 0.15) is 83.1 Å². The Morgan fingerprint density at radius 1 is 0.886 bits per heavy atom. The van der Waals surface area contributed by atoms with Gasteiger partial charge >= 0.3 is 0 Å². The summed E-state index contributed by atoms with van der Waals surface area (Å²) in [6.45, 7) is 1.62. The second-order valence-electron chi connectivity index (χ2n) is 11.6. The molecule has 0 spiro atoms. The number of hydrogen-bond donors (Lipinski definition) is 8. The number of unbranched alkanes of at least 4 members (excludes halogenated alkanes) is 5. The maximum absolute atomic E-state index is 12.7. The molecule has 252 valence electrons. The van der Waals surface area contributed by atoms with Crippen molar-refractivity contribution in [3.8, 4) is 0 Å². The van der Waals surface area contributed by atoms with Crippen molar-refractivity contribution >= 4 is 11.8 Å². The van der Waals surface area contributed by atoms with Crippen molar-refractivity contribution < 1.29 is 49.7 Å². The predicted molar refractivity (Wildman–Crippen MR) is 163 cm³/mol. The number of aliphatic hydroxyl groups excluding tert-OH is 6. The molecule has 1 heterocycles. The highest BCUT2D eigenvalue weighted by Gasteiger charge is 2.44. The highest BCUT2D eigenvalue weighted by molar-refractivity contribution is 5.76. The molecule has 0 aliphatic carbocycles. The van der Waals surface area contributed by atoms with E-state index in [1.807, 2.05) is 18.2 Å². The first kappa shape index (κ1) is 38.0. The number of hydrogen-bond acceptors (Lipinski definition) is 10. The fourth-order valence-corrected chi connectivity index (χ4v) is 5.12. The maximum Gasteiger partial charge on any atom is 0.220 e. The van der Waals surface area contributed by atoms with E-state index in [2.05, 4.69) is 29.7 Å². The third-order valence-electron chi connectivity index (χ3n) is 7.91. The van der Waals surface area contributed by atoms with E-state index in [4.69, 9.17) is 9.47 Å². The van der Waals surface area contributed by atoms with Gasteiger partial charge in [0.15, 0.2) is 6.29 Å².